The molecule has 0 aromatic carbocycles. The van der Waals surface area contributed by atoms with Gasteiger partial charge in [0.2, 0.25) is 0 Å². The molecule has 6 nitrogen and oxygen atoms in total. The molecule has 2 amide bonds. The normalized spacial score (nSPS) is 12.4. The van der Waals surface area contributed by atoms with E-state index in [0.29, 0.717) is 12.3 Å². The highest BCUT2D eigenvalue weighted by Gasteiger charge is 2.22. The number of amides is 2. The van der Waals surface area contributed by atoms with Crippen LogP contribution in [-0.4, -0.2) is 29.0 Å². The van der Waals surface area contributed by atoms with Gasteiger partial charge in [-0.25, -0.2) is 10.2 Å². The molecule has 0 heterocycles. The molecule has 0 radical (unpaired) electrons. The number of nitrogens with zero attached hydrogens (tertiary/aromatic N) is 1. The number of rotatable bonds is 4. The topological polar surface area (TPSA) is 85.8 Å². The van der Waals surface area contributed by atoms with Crippen LogP contribution in [0.5, 0.6) is 0 Å². The number of hydrogen-bond acceptors (Lipinski definition) is 4. The molecule has 82 valence electrons. The van der Waals surface area contributed by atoms with Crippen LogP contribution >= 0.6 is 0 Å². The van der Waals surface area contributed by atoms with Crippen LogP contribution in [0.2, 0.25) is 0 Å². The summed E-state index contributed by atoms with van der Waals surface area (Å²) in [7, 11) is 0. The Morgan fingerprint density at radius 1 is 1.50 bits per heavy atom. The molecular weight excluding hydrogens is 184 g/mol. The number of hydrogen-bond donors (Lipinski definition) is 4. The first-order chi connectivity index (χ1) is 6.44. The van der Waals surface area contributed by atoms with E-state index in [-0.39, 0.29) is 6.03 Å². The van der Waals surface area contributed by atoms with Gasteiger partial charge in [-0.05, 0) is 27.7 Å². The molecule has 0 unspecified atom stereocenters. The van der Waals surface area contributed by atoms with Gasteiger partial charge in [-0.2, -0.15) is 0 Å². The maximum absolute atomic E-state index is 11.0. The summed E-state index contributed by atoms with van der Waals surface area (Å²) < 4.78 is 0. The second-order valence-electron chi connectivity index (χ2n) is 3.42. The van der Waals surface area contributed by atoms with E-state index in [1.165, 1.54) is 0 Å². The van der Waals surface area contributed by atoms with Crippen molar-refractivity contribution in [1.29, 1.82) is 0 Å². The molecule has 0 aromatic heterocycles. The third kappa shape index (κ3) is 4.08. The Labute approximate surface area is 83.7 Å². The fraction of sp³-hybridized carbons (Fsp3) is 0.750. The highest BCUT2D eigenvalue weighted by Crippen LogP contribution is 2.02. The van der Waals surface area contributed by atoms with Crippen LogP contribution in [0.25, 0.3) is 0 Å². The lowest BCUT2D eigenvalue weighted by Crippen LogP contribution is -2.56. The van der Waals surface area contributed by atoms with Crippen molar-refractivity contribution in [2.45, 2.75) is 33.2 Å². The predicted molar refractivity (Wildman–Crippen MR) is 54.3 cm³/mol. The molecule has 0 spiro atoms. The highest BCUT2D eigenvalue weighted by molar-refractivity contribution is 5.90. The SMILES string of the molecule is CCNC(=O)NNC(C)(C)/C(C)=N/O. The van der Waals surface area contributed by atoms with Crippen molar-refractivity contribution in [2.75, 3.05) is 6.54 Å². The summed E-state index contributed by atoms with van der Waals surface area (Å²) in [5.41, 5.74) is 5.09. The van der Waals surface area contributed by atoms with E-state index in [1.807, 2.05) is 6.92 Å². The van der Waals surface area contributed by atoms with Crippen LogP contribution in [0.4, 0.5) is 4.79 Å². The van der Waals surface area contributed by atoms with Gasteiger partial charge in [-0.1, -0.05) is 5.16 Å². The van der Waals surface area contributed by atoms with Gasteiger partial charge in [0.1, 0.15) is 0 Å². The zero-order valence-electron chi connectivity index (χ0n) is 9.01. The molecule has 0 rings (SSSR count). The second kappa shape index (κ2) is 5.43. The maximum atomic E-state index is 11.0. The van der Waals surface area contributed by atoms with Crippen molar-refractivity contribution in [3.8, 4) is 0 Å². The predicted octanol–water partition coefficient (Wildman–Crippen LogP) is 0.439. The van der Waals surface area contributed by atoms with E-state index in [4.69, 9.17) is 5.21 Å². The van der Waals surface area contributed by atoms with Crippen LogP contribution in [0.1, 0.15) is 27.7 Å². The van der Waals surface area contributed by atoms with E-state index in [9.17, 15) is 4.79 Å². The summed E-state index contributed by atoms with van der Waals surface area (Å²) in [6.45, 7) is 7.61. The van der Waals surface area contributed by atoms with Gasteiger partial charge in [-0.3, -0.25) is 5.43 Å². The number of nitrogens with one attached hydrogen (secondary N) is 3. The maximum Gasteiger partial charge on any atom is 0.329 e. The number of oxime groups is 1. The summed E-state index contributed by atoms with van der Waals surface area (Å²) in [6.07, 6.45) is 0. The van der Waals surface area contributed by atoms with E-state index in [0.717, 1.165) is 0 Å². The first-order valence-electron chi connectivity index (χ1n) is 4.44. The monoisotopic (exact) mass is 202 g/mol. The van der Waals surface area contributed by atoms with Crippen molar-refractivity contribution in [3.63, 3.8) is 0 Å². The standard InChI is InChI=1S/C8H18N4O2/c1-5-9-7(13)10-12-8(3,4)6(2)11-14/h12,14H,5H2,1-4H3,(H2,9,10,13)/b11-6+. The molecular formula is C8H18N4O2. The van der Waals surface area contributed by atoms with Crippen molar-refractivity contribution in [2.24, 2.45) is 5.16 Å². The summed E-state index contributed by atoms with van der Waals surface area (Å²) >= 11 is 0. The Bertz CT molecular complexity index is 225. The average molecular weight is 202 g/mol. The van der Waals surface area contributed by atoms with Gasteiger partial charge in [0.25, 0.3) is 0 Å². The Hall–Kier alpha value is -1.30. The molecule has 0 atom stereocenters. The lowest BCUT2D eigenvalue weighted by Gasteiger charge is -2.25. The first kappa shape index (κ1) is 12.7. The molecule has 0 aliphatic rings. The van der Waals surface area contributed by atoms with E-state index >= 15 is 0 Å². The van der Waals surface area contributed by atoms with Crippen LogP contribution < -0.4 is 16.2 Å². The molecule has 4 N–H and O–H groups in total. The van der Waals surface area contributed by atoms with Crippen LogP contribution in [0.15, 0.2) is 5.16 Å². The van der Waals surface area contributed by atoms with Gasteiger partial charge in [-0.15, -0.1) is 0 Å². The van der Waals surface area contributed by atoms with Crippen molar-refractivity contribution in [1.82, 2.24) is 16.2 Å². The molecule has 0 aromatic rings. The fourth-order valence-corrected chi connectivity index (χ4v) is 0.633. The minimum Gasteiger partial charge on any atom is -0.411 e. The molecule has 0 fully saturated rings. The second-order valence-corrected chi connectivity index (χ2v) is 3.42. The Kier molecular flexibility index (Phi) is 4.93. The van der Waals surface area contributed by atoms with Gasteiger partial charge in [0, 0.05) is 6.54 Å². The van der Waals surface area contributed by atoms with Crippen LogP contribution in [0, 0.1) is 0 Å². The fourth-order valence-electron chi connectivity index (χ4n) is 0.633. The van der Waals surface area contributed by atoms with Crippen LogP contribution in [0.3, 0.4) is 0 Å². The van der Waals surface area contributed by atoms with Crippen molar-refractivity contribution >= 4 is 11.7 Å². The van der Waals surface area contributed by atoms with Crippen molar-refractivity contribution in [3.05, 3.63) is 0 Å². The Balaban J connectivity index is 4.05. The molecule has 0 bridgehead atoms. The number of hydrazine groups is 1. The Morgan fingerprint density at radius 2 is 2.07 bits per heavy atom. The average Bonchev–Trinajstić information content (AvgIpc) is 2.14. The zero-order chi connectivity index (χ0) is 11.2. The number of carbonyl (C=O) groups excluding carboxylic acids is 1. The van der Waals surface area contributed by atoms with Gasteiger partial charge in [0.05, 0.1) is 11.3 Å². The molecule has 14 heavy (non-hydrogen) atoms. The first-order valence-corrected chi connectivity index (χ1v) is 4.44. The lowest BCUT2D eigenvalue weighted by molar-refractivity contribution is 0.232. The van der Waals surface area contributed by atoms with Gasteiger partial charge in [0.15, 0.2) is 0 Å². The smallest absolute Gasteiger partial charge is 0.329 e. The zero-order valence-corrected chi connectivity index (χ0v) is 9.01. The molecule has 0 aliphatic carbocycles. The van der Waals surface area contributed by atoms with Crippen LogP contribution in [-0.2, 0) is 0 Å². The summed E-state index contributed by atoms with van der Waals surface area (Å²) in [5.74, 6) is 0. The third-order valence-electron chi connectivity index (χ3n) is 1.88. The molecule has 0 saturated heterocycles. The number of carbonyl (C=O) groups is 1. The van der Waals surface area contributed by atoms with Gasteiger partial charge < -0.3 is 10.5 Å². The molecule has 6 heteroatoms. The summed E-state index contributed by atoms with van der Waals surface area (Å²) in [5, 5.41) is 14.2. The summed E-state index contributed by atoms with van der Waals surface area (Å²) in [4.78, 5) is 11.0. The van der Waals surface area contributed by atoms with E-state index in [1.54, 1.807) is 20.8 Å². The highest BCUT2D eigenvalue weighted by atomic mass is 16.4. The molecule has 0 saturated carbocycles. The third-order valence-corrected chi connectivity index (χ3v) is 1.88. The lowest BCUT2D eigenvalue weighted by atomic mass is 10.0. The minimum absolute atomic E-state index is 0.314. The Morgan fingerprint density at radius 3 is 2.50 bits per heavy atom. The van der Waals surface area contributed by atoms with Crippen molar-refractivity contribution < 1.29 is 10.0 Å². The number of urea groups is 1. The minimum atomic E-state index is -0.584. The molecule has 0 aliphatic heterocycles. The quantitative estimate of drug-likeness (QED) is 0.303. The summed E-state index contributed by atoms with van der Waals surface area (Å²) in [6, 6.07) is -0.314. The van der Waals surface area contributed by atoms with E-state index in [2.05, 4.69) is 21.3 Å². The van der Waals surface area contributed by atoms with Gasteiger partial charge >= 0.3 is 6.03 Å². The van der Waals surface area contributed by atoms with E-state index < -0.39 is 5.54 Å². The largest absolute Gasteiger partial charge is 0.411 e.